The Labute approximate surface area is 150 Å². The molecule has 0 amide bonds. The Balaban J connectivity index is 0.00000151. The highest BCUT2D eigenvalue weighted by Crippen LogP contribution is 2.22. The summed E-state index contributed by atoms with van der Waals surface area (Å²) < 4.78 is 0. The molecule has 5 heteroatoms. The molecule has 0 saturated heterocycles. The number of aliphatic imine (C=N–C) groups is 1. The van der Waals surface area contributed by atoms with Gasteiger partial charge < -0.3 is 10.7 Å². The highest BCUT2D eigenvalue weighted by molar-refractivity contribution is 6.17. The molecule has 3 N–H and O–H groups in total. The van der Waals surface area contributed by atoms with Crippen molar-refractivity contribution in [1.29, 1.82) is 0 Å². The van der Waals surface area contributed by atoms with Gasteiger partial charge in [-0.05, 0) is 33.2 Å². The van der Waals surface area contributed by atoms with E-state index in [0.29, 0.717) is 6.54 Å². The van der Waals surface area contributed by atoms with Gasteiger partial charge in [-0.1, -0.05) is 38.3 Å². The summed E-state index contributed by atoms with van der Waals surface area (Å²) >= 11 is 0. The monoisotopic (exact) mass is 337 g/mol. The van der Waals surface area contributed by atoms with E-state index in [1.165, 1.54) is 0 Å². The summed E-state index contributed by atoms with van der Waals surface area (Å²) in [6.07, 6.45) is 7.42. The second-order valence-electron chi connectivity index (χ2n) is 5.31. The van der Waals surface area contributed by atoms with Gasteiger partial charge >= 0.3 is 0 Å². The van der Waals surface area contributed by atoms with E-state index < -0.39 is 0 Å². The quantitative estimate of drug-likeness (QED) is 0.664. The molecule has 0 atom stereocenters. The van der Waals surface area contributed by atoms with E-state index in [0.717, 1.165) is 27.9 Å². The zero-order valence-corrected chi connectivity index (χ0v) is 15.7. The van der Waals surface area contributed by atoms with Gasteiger partial charge in [0.2, 0.25) is 0 Å². The number of nitrogens with two attached hydrogens (primary N) is 1. The van der Waals surface area contributed by atoms with E-state index in [-0.39, 0.29) is 5.82 Å². The summed E-state index contributed by atoms with van der Waals surface area (Å²) in [4.78, 5) is 13.9. The summed E-state index contributed by atoms with van der Waals surface area (Å²) in [6.45, 7) is 10.3. The molecule has 2 aromatic heterocycles. The Morgan fingerprint density at radius 3 is 2.76 bits per heavy atom. The molecular formula is C20H27N5. The molecule has 0 spiro atoms. The van der Waals surface area contributed by atoms with Gasteiger partial charge in [0.25, 0.3) is 0 Å². The van der Waals surface area contributed by atoms with Crippen molar-refractivity contribution in [3.63, 3.8) is 0 Å². The van der Waals surface area contributed by atoms with Crippen LogP contribution in [-0.4, -0.2) is 41.2 Å². The summed E-state index contributed by atoms with van der Waals surface area (Å²) in [6, 6.07) is 1.91. The first-order valence-electron chi connectivity index (χ1n) is 8.28. The summed E-state index contributed by atoms with van der Waals surface area (Å²) in [5.74, 6) is 6.63. The molecule has 25 heavy (non-hydrogen) atoms. The molecule has 0 aliphatic carbocycles. The van der Waals surface area contributed by atoms with E-state index in [4.69, 9.17) is 5.73 Å². The van der Waals surface area contributed by atoms with Crippen LogP contribution in [0.4, 0.5) is 0 Å². The maximum atomic E-state index is 5.65. The van der Waals surface area contributed by atoms with Crippen molar-refractivity contribution in [2.75, 3.05) is 20.6 Å². The molecule has 132 valence electrons. The Morgan fingerprint density at radius 2 is 2.16 bits per heavy atom. The molecule has 0 aliphatic heterocycles. The number of nitrogens with one attached hydrogen (secondary N) is 1. The fourth-order valence-electron chi connectivity index (χ4n) is 2.16. The van der Waals surface area contributed by atoms with Crippen LogP contribution in [0, 0.1) is 11.8 Å². The second-order valence-corrected chi connectivity index (χ2v) is 5.31. The lowest BCUT2D eigenvalue weighted by atomic mass is 10.1. The Kier molecular flexibility index (Phi) is 8.17. The minimum absolute atomic E-state index is 0.261. The molecule has 5 nitrogen and oxygen atoms in total. The van der Waals surface area contributed by atoms with Crippen molar-refractivity contribution in [1.82, 2.24) is 14.9 Å². The van der Waals surface area contributed by atoms with Gasteiger partial charge in [-0.2, -0.15) is 0 Å². The van der Waals surface area contributed by atoms with Crippen LogP contribution >= 0.6 is 0 Å². The maximum Gasteiger partial charge on any atom is 0.139 e. The average Bonchev–Trinajstić information content (AvgIpc) is 3.00. The molecular weight excluding hydrogens is 310 g/mol. The lowest BCUT2D eigenvalue weighted by Crippen LogP contribution is -2.10. The van der Waals surface area contributed by atoms with Gasteiger partial charge in [0.15, 0.2) is 0 Å². The fourth-order valence-corrected chi connectivity index (χ4v) is 2.16. The van der Waals surface area contributed by atoms with Gasteiger partial charge in [-0.3, -0.25) is 4.90 Å². The predicted molar refractivity (Wildman–Crippen MR) is 108 cm³/mol. The molecule has 0 unspecified atom stereocenters. The van der Waals surface area contributed by atoms with E-state index in [1.54, 1.807) is 6.20 Å². The molecule has 2 heterocycles. The van der Waals surface area contributed by atoms with Crippen LogP contribution in [0.25, 0.3) is 11.0 Å². The maximum absolute atomic E-state index is 5.65. The summed E-state index contributed by atoms with van der Waals surface area (Å²) in [5.41, 5.74) is 8.98. The average molecular weight is 337 g/mol. The molecule has 0 fully saturated rings. The van der Waals surface area contributed by atoms with Gasteiger partial charge in [-0.15, -0.1) is 0 Å². The highest BCUT2D eigenvalue weighted by atomic mass is 15.0. The number of aromatic amines is 1. The number of nitrogens with zero attached hydrogens (tertiary/aromatic N) is 3. The third kappa shape index (κ3) is 5.63. The van der Waals surface area contributed by atoms with Crippen LogP contribution in [-0.2, 0) is 0 Å². The SMILES string of the molecule is C=C(N)/N=C(\C=C/C)c1c[nH]c2nccc(C#CCN(C)C)c12.CC. The lowest BCUT2D eigenvalue weighted by molar-refractivity contribution is 0.464. The van der Waals surface area contributed by atoms with Gasteiger partial charge in [0.1, 0.15) is 11.5 Å². The van der Waals surface area contributed by atoms with E-state index in [9.17, 15) is 0 Å². The van der Waals surface area contributed by atoms with Crippen LogP contribution in [0.15, 0.2) is 48.0 Å². The number of allylic oxidation sites excluding steroid dienone is 2. The Hall–Kier alpha value is -2.84. The van der Waals surface area contributed by atoms with Gasteiger partial charge in [-0.25, -0.2) is 9.98 Å². The largest absolute Gasteiger partial charge is 0.384 e. The summed E-state index contributed by atoms with van der Waals surface area (Å²) in [5, 5.41) is 0.942. The zero-order valence-electron chi connectivity index (χ0n) is 15.7. The minimum Gasteiger partial charge on any atom is -0.384 e. The smallest absolute Gasteiger partial charge is 0.139 e. The first kappa shape index (κ1) is 20.2. The molecule has 2 aromatic rings. The first-order valence-corrected chi connectivity index (χ1v) is 8.28. The Bertz CT molecular complexity index is 829. The van der Waals surface area contributed by atoms with Crippen molar-refractivity contribution in [2.24, 2.45) is 10.7 Å². The normalized spacial score (nSPS) is 11.2. The van der Waals surface area contributed by atoms with Crippen molar-refractivity contribution < 1.29 is 0 Å². The van der Waals surface area contributed by atoms with Crippen LogP contribution in [0.5, 0.6) is 0 Å². The number of rotatable bonds is 4. The van der Waals surface area contributed by atoms with Crippen LogP contribution in [0.1, 0.15) is 31.9 Å². The first-order chi connectivity index (χ1) is 12.0. The van der Waals surface area contributed by atoms with Crippen molar-refractivity contribution in [3.05, 3.63) is 54.1 Å². The number of hydrogen-bond donors (Lipinski definition) is 2. The van der Waals surface area contributed by atoms with Crippen LogP contribution in [0.2, 0.25) is 0 Å². The highest BCUT2D eigenvalue weighted by Gasteiger charge is 2.12. The van der Waals surface area contributed by atoms with Gasteiger partial charge in [0, 0.05) is 28.9 Å². The Morgan fingerprint density at radius 1 is 1.44 bits per heavy atom. The van der Waals surface area contributed by atoms with Crippen molar-refractivity contribution in [3.8, 4) is 11.8 Å². The second kappa shape index (κ2) is 10.1. The topological polar surface area (TPSA) is 70.3 Å². The molecule has 2 rings (SSSR count). The van der Waals surface area contributed by atoms with Crippen molar-refractivity contribution in [2.45, 2.75) is 20.8 Å². The fraction of sp³-hybridized carbons (Fsp3) is 0.300. The number of hydrogen-bond acceptors (Lipinski definition) is 4. The zero-order chi connectivity index (χ0) is 18.8. The molecule has 0 saturated carbocycles. The molecule has 0 aliphatic rings. The molecule has 0 radical (unpaired) electrons. The molecule has 0 bridgehead atoms. The lowest BCUT2D eigenvalue weighted by Gasteiger charge is -2.03. The number of fused-ring (bicyclic) bond motifs is 1. The summed E-state index contributed by atoms with van der Waals surface area (Å²) in [7, 11) is 3.98. The van der Waals surface area contributed by atoms with E-state index >= 15 is 0 Å². The molecule has 0 aromatic carbocycles. The van der Waals surface area contributed by atoms with Crippen LogP contribution in [0.3, 0.4) is 0 Å². The number of aromatic nitrogens is 2. The number of pyridine rings is 1. The minimum atomic E-state index is 0.261. The van der Waals surface area contributed by atoms with Crippen LogP contribution < -0.4 is 5.73 Å². The predicted octanol–water partition coefficient (Wildman–Crippen LogP) is 3.30. The van der Waals surface area contributed by atoms with E-state index in [1.807, 2.05) is 64.2 Å². The van der Waals surface area contributed by atoms with Crippen molar-refractivity contribution >= 4 is 16.7 Å². The standard InChI is InChI=1S/C18H21N5.C2H6/c1-5-7-16(22-13(2)19)15-12-21-18-17(15)14(9-10-20-18)8-6-11-23(3)4;1-2/h5,7,9-10,12H,2,11,19H2,1,3-4H3,(H,20,21);1-2H3/b7-5-,22-16+;. The third-order valence-electron chi connectivity index (χ3n) is 3.06. The van der Waals surface area contributed by atoms with E-state index in [2.05, 4.69) is 33.4 Å². The van der Waals surface area contributed by atoms with Gasteiger partial charge in [0.05, 0.1) is 12.3 Å². The number of H-pyrrole nitrogens is 1. The third-order valence-corrected chi connectivity index (χ3v) is 3.06.